The van der Waals surface area contributed by atoms with Crippen LogP contribution in [0.3, 0.4) is 0 Å². The second kappa shape index (κ2) is 6.59. The average molecular weight is 307 g/mol. The molecule has 0 bridgehead atoms. The number of nitrogen functional groups attached to an aromatic ring is 1. The fourth-order valence-electron chi connectivity index (χ4n) is 2.01. The lowest BCUT2D eigenvalue weighted by Crippen LogP contribution is -2.31. The van der Waals surface area contributed by atoms with Gasteiger partial charge in [-0.1, -0.05) is 18.5 Å². The van der Waals surface area contributed by atoms with Crippen molar-refractivity contribution in [2.24, 2.45) is 0 Å². The molecule has 0 unspecified atom stereocenters. The van der Waals surface area contributed by atoms with Crippen molar-refractivity contribution in [2.75, 3.05) is 17.2 Å². The summed E-state index contributed by atoms with van der Waals surface area (Å²) in [6.45, 7) is 2.53. The molecule has 2 aromatic carbocycles. The quantitative estimate of drug-likeness (QED) is 0.864. The van der Waals surface area contributed by atoms with E-state index in [-0.39, 0.29) is 10.9 Å². The summed E-state index contributed by atoms with van der Waals surface area (Å²) in [5.74, 6) is -0.758. The molecule has 21 heavy (non-hydrogen) atoms. The first kappa shape index (κ1) is 15.3. The van der Waals surface area contributed by atoms with Crippen molar-refractivity contribution in [3.63, 3.8) is 0 Å². The Morgan fingerprint density at radius 1 is 1.24 bits per heavy atom. The van der Waals surface area contributed by atoms with Gasteiger partial charge in [0.2, 0.25) is 0 Å². The molecule has 0 saturated carbocycles. The smallest absolute Gasteiger partial charge is 0.258 e. The number of benzene rings is 2. The molecule has 1 amide bonds. The van der Waals surface area contributed by atoms with E-state index in [1.54, 1.807) is 29.2 Å². The molecule has 2 aromatic rings. The van der Waals surface area contributed by atoms with E-state index in [0.29, 0.717) is 17.8 Å². The van der Waals surface area contributed by atoms with Gasteiger partial charge in [-0.05, 0) is 48.9 Å². The van der Waals surface area contributed by atoms with E-state index < -0.39 is 5.82 Å². The molecule has 0 atom stereocenters. The third-order valence-electron chi connectivity index (χ3n) is 3.06. The number of carbonyl (C=O) groups excluding carboxylic acids is 1. The van der Waals surface area contributed by atoms with Crippen LogP contribution in [-0.4, -0.2) is 12.5 Å². The molecule has 0 aliphatic rings. The lowest BCUT2D eigenvalue weighted by Gasteiger charge is -2.22. The summed E-state index contributed by atoms with van der Waals surface area (Å²) in [5, 5.41) is -0.0606. The van der Waals surface area contributed by atoms with Gasteiger partial charge in [0, 0.05) is 23.5 Å². The highest BCUT2D eigenvalue weighted by molar-refractivity contribution is 6.31. The van der Waals surface area contributed by atoms with Crippen LogP contribution < -0.4 is 10.6 Å². The van der Waals surface area contributed by atoms with Gasteiger partial charge in [0.25, 0.3) is 5.91 Å². The summed E-state index contributed by atoms with van der Waals surface area (Å²) in [6.07, 6.45) is 0.797. The zero-order chi connectivity index (χ0) is 15.4. The van der Waals surface area contributed by atoms with Crippen LogP contribution in [0.15, 0.2) is 42.5 Å². The van der Waals surface area contributed by atoms with E-state index in [9.17, 15) is 9.18 Å². The van der Waals surface area contributed by atoms with E-state index in [4.69, 9.17) is 17.3 Å². The van der Waals surface area contributed by atoms with E-state index in [0.717, 1.165) is 12.1 Å². The summed E-state index contributed by atoms with van der Waals surface area (Å²) in [6, 6.07) is 11.0. The molecule has 0 saturated heterocycles. The standard InChI is InChI=1S/C16H16ClFN2O/c1-2-9-20(13-6-4-12(19)5-7-13)16(21)11-3-8-15(18)14(17)10-11/h3-8,10H,2,9,19H2,1H3. The number of halogens is 2. The predicted octanol–water partition coefficient (Wildman–Crippen LogP) is 4.12. The highest BCUT2D eigenvalue weighted by Gasteiger charge is 2.18. The molecule has 0 aliphatic carbocycles. The molecule has 0 aliphatic heterocycles. The van der Waals surface area contributed by atoms with Gasteiger partial charge >= 0.3 is 0 Å². The van der Waals surface area contributed by atoms with Crippen LogP contribution in [-0.2, 0) is 0 Å². The molecule has 3 nitrogen and oxygen atoms in total. The molecule has 0 spiro atoms. The second-order valence-electron chi connectivity index (χ2n) is 4.68. The first-order valence-electron chi connectivity index (χ1n) is 6.65. The van der Waals surface area contributed by atoms with Crippen LogP contribution in [0.1, 0.15) is 23.7 Å². The van der Waals surface area contributed by atoms with Crippen molar-refractivity contribution in [3.8, 4) is 0 Å². The fourth-order valence-corrected chi connectivity index (χ4v) is 2.19. The second-order valence-corrected chi connectivity index (χ2v) is 5.08. The van der Waals surface area contributed by atoms with E-state index in [2.05, 4.69) is 0 Å². The number of nitrogens with zero attached hydrogens (tertiary/aromatic N) is 1. The summed E-state index contributed by atoms with van der Waals surface area (Å²) in [7, 11) is 0. The van der Waals surface area contributed by atoms with Crippen molar-refractivity contribution in [2.45, 2.75) is 13.3 Å². The maximum absolute atomic E-state index is 13.2. The van der Waals surface area contributed by atoms with Crippen LogP contribution in [0.25, 0.3) is 0 Å². The van der Waals surface area contributed by atoms with Gasteiger partial charge in [-0.3, -0.25) is 4.79 Å². The van der Waals surface area contributed by atoms with Gasteiger partial charge in [-0.15, -0.1) is 0 Å². The third kappa shape index (κ3) is 3.52. The van der Waals surface area contributed by atoms with E-state index in [1.807, 2.05) is 6.92 Å². The summed E-state index contributed by atoms with van der Waals surface area (Å²) in [4.78, 5) is 14.2. The number of carbonyl (C=O) groups is 1. The highest BCUT2D eigenvalue weighted by Crippen LogP contribution is 2.22. The van der Waals surface area contributed by atoms with Crippen LogP contribution >= 0.6 is 11.6 Å². The maximum Gasteiger partial charge on any atom is 0.258 e. The predicted molar refractivity (Wildman–Crippen MR) is 84.2 cm³/mol. The van der Waals surface area contributed by atoms with Crippen molar-refractivity contribution < 1.29 is 9.18 Å². The van der Waals surface area contributed by atoms with Gasteiger partial charge in [0.15, 0.2) is 0 Å². The molecule has 5 heteroatoms. The summed E-state index contributed by atoms with van der Waals surface area (Å²) >= 11 is 5.74. The highest BCUT2D eigenvalue weighted by atomic mass is 35.5. The first-order valence-corrected chi connectivity index (χ1v) is 7.03. The number of amides is 1. The Hall–Kier alpha value is -2.07. The van der Waals surface area contributed by atoms with Gasteiger partial charge in [0.05, 0.1) is 5.02 Å². The first-order chi connectivity index (χ1) is 10.0. The average Bonchev–Trinajstić information content (AvgIpc) is 2.48. The maximum atomic E-state index is 13.2. The number of hydrogen-bond donors (Lipinski definition) is 1. The minimum atomic E-state index is -0.539. The molecule has 2 N–H and O–H groups in total. The molecule has 0 fully saturated rings. The van der Waals surface area contributed by atoms with Crippen LogP contribution in [0, 0.1) is 5.82 Å². The minimum absolute atomic E-state index is 0.0606. The molecule has 0 aromatic heterocycles. The van der Waals surface area contributed by atoms with Gasteiger partial charge < -0.3 is 10.6 Å². The zero-order valence-corrected chi connectivity index (χ0v) is 12.4. The van der Waals surface area contributed by atoms with Crippen molar-refractivity contribution in [1.29, 1.82) is 0 Å². The third-order valence-corrected chi connectivity index (χ3v) is 3.35. The largest absolute Gasteiger partial charge is 0.399 e. The van der Waals surface area contributed by atoms with E-state index in [1.165, 1.54) is 18.2 Å². The normalized spacial score (nSPS) is 10.4. The van der Waals surface area contributed by atoms with Crippen LogP contribution in [0.4, 0.5) is 15.8 Å². The van der Waals surface area contributed by atoms with Crippen molar-refractivity contribution >= 4 is 28.9 Å². The monoisotopic (exact) mass is 306 g/mol. The van der Waals surface area contributed by atoms with Gasteiger partial charge in [0.1, 0.15) is 5.82 Å². The van der Waals surface area contributed by atoms with Gasteiger partial charge in [-0.2, -0.15) is 0 Å². The molecule has 110 valence electrons. The topological polar surface area (TPSA) is 46.3 Å². The fraction of sp³-hybridized carbons (Fsp3) is 0.188. The Labute approximate surface area is 128 Å². The Kier molecular flexibility index (Phi) is 4.81. The Bertz CT molecular complexity index is 643. The summed E-state index contributed by atoms with van der Waals surface area (Å²) < 4.78 is 13.2. The minimum Gasteiger partial charge on any atom is -0.399 e. The SMILES string of the molecule is CCCN(C(=O)c1ccc(F)c(Cl)c1)c1ccc(N)cc1. The molecule has 2 rings (SSSR count). The lowest BCUT2D eigenvalue weighted by molar-refractivity contribution is 0.0987. The Balaban J connectivity index is 2.34. The number of anilines is 2. The number of rotatable bonds is 4. The van der Waals surface area contributed by atoms with Crippen molar-refractivity contribution in [3.05, 3.63) is 58.9 Å². The lowest BCUT2D eigenvalue weighted by atomic mass is 10.1. The molecular formula is C16H16ClFN2O. The van der Waals surface area contributed by atoms with Crippen LogP contribution in [0.5, 0.6) is 0 Å². The number of nitrogens with two attached hydrogens (primary N) is 1. The summed E-state index contributed by atoms with van der Waals surface area (Å²) in [5.41, 5.74) is 7.39. The van der Waals surface area contributed by atoms with Crippen LogP contribution in [0.2, 0.25) is 5.02 Å². The molecule has 0 radical (unpaired) electrons. The Morgan fingerprint density at radius 2 is 1.90 bits per heavy atom. The molecular weight excluding hydrogens is 291 g/mol. The van der Waals surface area contributed by atoms with E-state index >= 15 is 0 Å². The van der Waals surface area contributed by atoms with Crippen molar-refractivity contribution in [1.82, 2.24) is 0 Å². The van der Waals surface area contributed by atoms with Gasteiger partial charge in [-0.25, -0.2) is 4.39 Å². The molecule has 0 heterocycles. The Morgan fingerprint density at radius 3 is 2.48 bits per heavy atom. The zero-order valence-electron chi connectivity index (χ0n) is 11.6. The number of hydrogen-bond acceptors (Lipinski definition) is 2.